The van der Waals surface area contributed by atoms with Crippen LogP contribution in [0.1, 0.15) is 18.4 Å². The van der Waals surface area contributed by atoms with Crippen LogP contribution in [0.3, 0.4) is 0 Å². The molecule has 86 valence electrons. The fourth-order valence-corrected chi connectivity index (χ4v) is 1.96. The smallest absolute Gasteiger partial charge is 0.321 e. The summed E-state index contributed by atoms with van der Waals surface area (Å²) in [5.74, 6) is 0. The molecule has 0 radical (unpaired) electrons. The third kappa shape index (κ3) is 2.47. The molecule has 1 heterocycles. The number of halogens is 1. The van der Waals surface area contributed by atoms with E-state index in [2.05, 4.69) is 5.32 Å². The average Bonchev–Trinajstić information content (AvgIpc) is 2.77. The number of benzene rings is 1. The van der Waals surface area contributed by atoms with Crippen LogP contribution in [0.4, 0.5) is 10.5 Å². The van der Waals surface area contributed by atoms with Gasteiger partial charge in [0.2, 0.25) is 0 Å². The summed E-state index contributed by atoms with van der Waals surface area (Å²) in [7, 11) is 0. The van der Waals surface area contributed by atoms with Crippen LogP contribution >= 0.6 is 11.6 Å². The summed E-state index contributed by atoms with van der Waals surface area (Å²) in [6, 6.07) is 5.50. The van der Waals surface area contributed by atoms with Gasteiger partial charge < -0.3 is 10.2 Å². The van der Waals surface area contributed by atoms with Crippen LogP contribution in [0.2, 0.25) is 5.02 Å². The summed E-state index contributed by atoms with van der Waals surface area (Å²) in [6.07, 6.45) is 2.21. The van der Waals surface area contributed by atoms with E-state index in [4.69, 9.17) is 11.6 Å². The lowest BCUT2D eigenvalue weighted by Crippen LogP contribution is -2.32. The molecule has 1 N–H and O–H groups in total. The van der Waals surface area contributed by atoms with E-state index in [1.165, 1.54) is 0 Å². The Labute approximate surface area is 100 Å². The average molecular weight is 239 g/mol. The van der Waals surface area contributed by atoms with E-state index in [1.54, 1.807) is 6.07 Å². The van der Waals surface area contributed by atoms with E-state index in [0.717, 1.165) is 42.2 Å². The second-order valence-corrected chi connectivity index (χ2v) is 4.50. The highest BCUT2D eigenvalue weighted by atomic mass is 35.5. The van der Waals surface area contributed by atoms with Crippen molar-refractivity contribution in [1.29, 1.82) is 0 Å². The van der Waals surface area contributed by atoms with Crippen molar-refractivity contribution in [3.8, 4) is 0 Å². The van der Waals surface area contributed by atoms with Crippen molar-refractivity contribution in [2.75, 3.05) is 18.4 Å². The second-order valence-electron chi connectivity index (χ2n) is 4.09. The van der Waals surface area contributed by atoms with Gasteiger partial charge in [-0.15, -0.1) is 0 Å². The first-order valence-corrected chi connectivity index (χ1v) is 5.87. The van der Waals surface area contributed by atoms with Gasteiger partial charge in [-0.05, 0) is 43.5 Å². The summed E-state index contributed by atoms with van der Waals surface area (Å²) < 4.78 is 0. The number of amides is 2. The zero-order valence-electron chi connectivity index (χ0n) is 9.29. The molecule has 0 unspecified atom stereocenters. The molecule has 0 spiro atoms. The van der Waals surface area contributed by atoms with E-state index in [9.17, 15) is 4.79 Å². The maximum Gasteiger partial charge on any atom is 0.321 e. The molecule has 0 bridgehead atoms. The first-order chi connectivity index (χ1) is 7.66. The molecule has 1 saturated heterocycles. The Balaban J connectivity index is 2.02. The Morgan fingerprint density at radius 2 is 2.06 bits per heavy atom. The van der Waals surface area contributed by atoms with Gasteiger partial charge in [-0.25, -0.2) is 4.79 Å². The Kier molecular flexibility index (Phi) is 3.34. The minimum atomic E-state index is -0.0146. The van der Waals surface area contributed by atoms with Gasteiger partial charge in [0.25, 0.3) is 0 Å². The van der Waals surface area contributed by atoms with Crippen LogP contribution in [-0.2, 0) is 0 Å². The van der Waals surface area contributed by atoms with Gasteiger partial charge in [0.1, 0.15) is 0 Å². The van der Waals surface area contributed by atoms with Gasteiger partial charge in [-0.2, -0.15) is 0 Å². The highest BCUT2D eigenvalue weighted by Crippen LogP contribution is 2.20. The molecule has 0 aromatic heterocycles. The van der Waals surface area contributed by atoms with Crippen molar-refractivity contribution in [3.63, 3.8) is 0 Å². The number of urea groups is 1. The zero-order chi connectivity index (χ0) is 11.5. The van der Waals surface area contributed by atoms with Crippen LogP contribution in [0.25, 0.3) is 0 Å². The fourth-order valence-electron chi connectivity index (χ4n) is 1.85. The number of likely N-dealkylation sites (tertiary alicyclic amines) is 1. The number of aryl methyl sites for hydroxylation is 1. The first-order valence-electron chi connectivity index (χ1n) is 5.49. The molecule has 2 rings (SSSR count). The number of carbonyl (C=O) groups is 1. The highest BCUT2D eigenvalue weighted by Gasteiger charge is 2.17. The quantitative estimate of drug-likeness (QED) is 0.800. The summed E-state index contributed by atoms with van der Waals surface area (Å²) >= 11 is 5.92. The van der Waals surface area contributed by atoms with Crippen LogP contribution in [-0.4, -0.2) is 24.0 Å². The number of hydrogen-bond donors (Lipinski definition) is 1. The Bertz CT molecular complexity index is 400. The molecule has 16 heavy (non-hydrogen) atoms. The summed E-state index contributed by atoms with van der Waals surface area (Å²) in [5, 5.41) is 3.60. The van der Waals surface area contributed by atoms with Gasteiger partial charge >= 0.3 is 6.03 Å². The molecular weight excluding hydrogens is 224 g/mol. The fraction of sp³-hybridized carbons (Fsp3) is 0.417. The van der Waals surface area contributed by atoms with Crippen molar-refractivity contribution < 1.29 is 4.79 Å². The van der Waals surface area contributed by atoms with Crippen molar-refractivity contribution in [2.24, 2.45) is 0 Å². The number of nitrogens with zero attached hydrogens (tertiary/aromatic N) is 1. The van der Waals surface area contributed by atoms with Gasteiger partial charge in [0.15, 0.2) is 0 Å². The first kappa shape index (κ1) is 11.3. The lowest BCUT2D eigenvalue weighted by molar-refractivity contribution is 0.222. The molecule has 1 aromatic carbocycles. The van der Waals surface area contributed by atoms with Crippen LogP contribution in [0.5, 0.6) is 0 Å². The van der Waals surface area contributed by atoms with Crippen molar-refractivity contribution in [2.45, 2.75) is 19.8 Å². The predicted molar refractivity (Wildman–Crippen MR) is 66.0 cm³/mol. The molecule has 2 amide bonds. The lowest BCUT2D eigenvalue weighted by atomic mass is 10.2. The van der Waals surface area contributed by atoms with Gasteiger partial charge in [0.05, 0.1) is 0 Å². The largest absolute Gasteiger partial charge is 0.325 e. The van der Waals surface area contributed by atoms with Crippen LogP contribution in [0, 0.1) is 6.92 Å². The third-order valence-electron chi connectivity index (χ3n) is 2.80. The van der Waals surface area contributed by atoms with E-state index in [1.807, 2.05) is 24.0 Å². The Morgan fingerprint density at radius 3 is 2.69 bits per heavy atom. The minimum Gasteiger partial charge on any atom is -0.325 e. The molecule has 3 nitrogen and oxygen atoms in total. The molecule has 0 saturated carbocycles. The summed E-state index contributed by atoms with van der Waals surface area (Å²) in [5.41, 5.74) is 1.78. The number of anilines is 1. The monoisotopic (exact) mass is 238 g/mol. The third-order valence-corrected chi connectivity index (χ3v) is 3.23. The van der Waals surface area contributed by atoms with Crippen molar-refractivity contribution in [3.05, 3.63) is 28.8 Å². The minimum absolute atomic E-state index is 0.0146. The van der Waals surface area contributed by atoms with E-state index in [-0.39, 0.29) is 6.03 Å². The van der Waals surface area contributed by atoms with Gasteiger partial charge in [-0.3, -0.25) is 0 Å². The molecule has 0 atom stereocenters. The van der Waals surface area contributed by atoms with E-state index < -0.39 is 0 Å². The summed E-state index contributed by atoms with van der Waals surface area (Å²) in [6.45, 7) is 3.64. The Hall–Kier alpha value is -1.22. The van der Waals surface area contributed by atoms with Crippen LogP contribution < -0.4 is 5.32 Å². The normalized spacial score (nSPS) is 15.2. The highest BCUT2D eigenvalue weighted by molar-refractivity contribution is 6.31. The van der Waals surface area contributed by atoms with Crippen molar-refractivity contribution in [1.82, 2.24) is 4.90 Å². The van der Waals surface area contributed by atoms with Crippen LogP contribution in [0.15, 0.2) is 18.2 Å². The summed E-state index contributed by atoms with van der Waals surface area (Å²) in [4.78, 5) is 13.6. The lowest BCUT2D eigenvalue weighted by Gasteiger charge is -2.16. The van der Waals surface area contributed by atoms with Gasteiger partial charge in [0, 0.05) is 23.8 Å². The topological polar surface area (TPSA) is 32.3 Å². The van der Waals surface area contributed by atoms with E-state index in [0.29, 0.717) is 0 Å². The molecular formula is C12H15ClN2O. The van der Waals surface area contributed by atoms with E-state index >= 15 is 0 Å². The standard InChI is InChI=1S/C12H15ClN2O/c1-9-8-10(4-5-11(9)13)14-12(16)15-6-2-3-7-15/h4-5,8H,2-3,6-7H2,1H3,(H,14,16). The predicted octanol–water partition coefficient (Wildman–Crippen LogP) is 3.28. The molecule has 4 heteroatoms. The molecule has 1 fully saturated rings. The molecule has 1 aliphatic heterocycles. The molecule has 1 aliphatic rings. The SMILES string of the molecule is Cc1cc(NC(=O)N2CCCC2)ccc1Cl. The maximum absolute atomic E-state index is 11.8. The zero-order valence-corrected chi connectivity index (χ0v) is 10.0. The number of carbonyl (C=O) groups excluding carboxylic acids is 1. The number of hydrogen-bond acceptors (Lipinski definition) is 1. The second kappa shape index (κ2) is 4.74. The number of rotatable bonds is 1. The molecule has 0 aliphatic carbocycles. The maximum atomic E-state index is 11.8. The van der Waals surface area contributed by atoms with Crippen molar-refractivity contribution >= 4 is 23.3 Å². The molecule has 1 aromatic rings. The van der Waals surface area contributed by atoms with Gasteiger partial charge in [-0.1, -0.05) is 11.6 Å². The Morgan fingerprint density at radius 1 is 1.38 bits per heavy atom. The number of nitrogens with one attached hydrogen (secondary N) is 1.